The van der Waals surface area contributed by atoms with E-state index in [1.54, 1.807) is 25.8 Å². The van der Waals surface area contributed by atoms with Crippen molar-refractivity contribution in [3.05, 3.63) is 24.1 Å². The normalized spacial score (nSPS) is 20.9. The monoisotopic (exact) mass is 351 g/mol. The summed E-state index contributed by atoms with van der Waals surface area (Å²) in [6.45, 7) is 3.55. The molecule has 1 aliphatic heterocycles. The highest BCUT2D eigenvalue weighted by Gasteiger charge is 2.34. The second-order valence-corrected chi connectivity index (χ2v) is 8.52. The van der Waals surface area contributed by atoms with Gasteiger partial charge in [0, 0.05) is 25.7 Å². The van der Waals surface area contributed by atoms with Crippen LogP contribution in [0.3, 0.4) is 0 Å². The molecule has 1 aromatic heterocycles. The number of fused-ring (bicyclic) bond motifs is 1. The number of aromatic nitrogens is 1. The van der Waals surface area contributed by atoms with E-state index < -0.39 is 15.9 Å². The van der Waals surface area contributed by atoms with Crippen LogP contribution in [0.2, 0.25) is 0 Å². The molecule has 1 aromatic carbocycles. The smallest absolute Gasteiger partial charge is 0.244 e. The van der Waals surface area contributed by atoms with E-state index in [1.807, 2.05) is 18.2 Å². The standard InChI is InChI=1S/C16H21N3O4S/c1-10(16(20)19(3)13-6-7-24(21,22)9-13)17-12-4-5-15-14(8-12)18-11(2)23-15/h4-5,8,10,13,17H,6-7,9H2,1-3H3/t10-,13+/m0/s1. The lowest BCUT2D eigenvalue weighted by atomic mass is 10.2. The lowest BCUT2D eigenvalue weighted by molar-refractivity contribution is -0.132. The van der Waals surface area contributed by atoms with Crippen LogP contribution in [0.25, 0.3) is 11.1 Å². The molecule has 2 atom stereocenters. The first kappa shape index (κ1) is 16.8. The van der Waals surface area contributed by atoms with Gasteiger partial charge >= 0.3 is 0 Å². The molecule has 8 heteroatoms. The van der Waals surface area contributed by atoms with Gasteiger partial charge in [-0.05, 0) is 31.5 Å². The summed E-state index contributed by atoms with van der Waals surface area (Å²) in [6.07, 6.45) is 0.501. The fourth-order valence-corrected chi connectivity index (χ4v) is 4.78. The zero-order valence-corrected chi connectivity index (χ0v) is 14.8. The minimum atomic E-state index is -3.01. The number of sulfone groups is 1. The second kappa shape index (κ2) is 6.08. The molecule has 0 saturated carbocycles. The fourth-order valence-electron chi connectivity index (χ4n) is 3.01. The van der Waals surface area contributed by atoms with E-state index in [0.29, 0.717) is 17.9 Å². The molecule has 0 bridgehead atoms. The summed E-state index contributed by atoms with van der Waals surface area (Å²) < 4.78 is 28.6. The van der Waals surface area contributed by atoms with Crippen LogP contribution in [-0.2, 0) is 14.6 Å². The Bertz CT molecular complexity index is 875. The number of nitrogens with zero attached hydrogens (tertiary/aromatic N) is 2. The molecule has 1 N–H and O–H groups in total. The minimum absolute atomic E-state index is 0.0478. The number of carbonyl (C=O) groups excluding carboxylic acids is 1. The number of carbonyl (C=O) groups is 1. The van der Waals surface area contributed by atoms with Gasteiger partial charge in [0.25, 0.3) is 0 Å². The van der Waals surface area contributed by atoms with Crippen LogP contribution in [0.4, 0.5) is 5.69 Å². The first-order valence-electron chi connectivity index (χ1n) is 7.86. The zero-order valence-electron chi connectivity index (χ0n) is 13.9. The van der Waals surface area contributed by atoms with Crippen LogP contribution < -0.4 is 5.32 Å². The molecule has 0 radical (unpaired) electrons. The number of benzene rings is 1. The van der Waals surface area contributed by atoms with Gasteiger partial charge in [-0.3, -0.25) is 4.79 Å². The van der Waals surface area contributed by atoms with Gasteiger partial charge in [-0.15, -0.1) is 0 Å². The van der Waals surface area contributed by atoms with Crippen molar-refractivity contribution in [3.63, 3.8) is 0 Å². The Kier molecular flexibility index (Phi) is 4.25. The molecular formula is C16H21N3O4S. The average Bonchev–Trinajstić information content (AvgIpc) is 3.06. The summed E-state index contributed by atoms with van der Waals surface area (Å²) in [5, 5.41) is 3.15. The van der Waals surface area contributed by atoms with Gasteiger partial charge in [-0.2, -0.15) is 0 Å². The molecule has 24 heavy (non-hydrogen) atoms. The average molecular weight is 351 g/mol. The van der Waals surface area contributed by atoms with Crippen molar-refractivity contribution in [2.24, 2.45) is 0 Å². The summed E-state index contributed by atoms with van der Waals surface area (Å²) in [5.41, 5.74) is 2.20. The van der Waals surface area contributed by atoms with E-state index >= 15 is 0 Å². The Balaban J connectivity index is 1.68. The lowest BCUT2D eigenvalue weighted by Crippen LogP contribution is -2.45. The number of amides is 1. The van der Waals surface area contributed by atoms with Crippen molar-refractivity contribution in [1.29, 1.82) is 0 Å². The molecule has 2 aromatic rings. The van der Waals surface area contributed by atoms with E-state index in [4.69, 9.17) is 4.42 Å². The van der Waals surface area contributed by atoms with Gasteiger partial charge in [0.2, 0.25) is 5.91 Å². The first-order chi connectivity index (χ1) is 11.2. The zero-order chi connectivity index (χ0) is 17.5. The third-order valence-electron chi connectivity index (χ3n) is 4.35. The maximum atomic E-state index is 12.5. The summed E-state index contributed by atoms with van der Waals surface area (Å²) >= 11 is 0. The summed E-state index contributed by atoms with van der Waals surface area (Å²) in [7, 11) is -1.35. The van der Waals surface area contributed by atoms with Gasteiger partial charge in [0.05, 0.1) is 11.5 Å². The Morgan fingerprint density at radius 2 is 2.21 bits per heavy atom. The number of nitrogens with one attached hydrogen (secondary N) is 1. The van der Waals surface area contributed by atoms with E-state index in [9.17, 15) is 13.2 Å². The molecule has 0 unspecified atom stereocenters. The maximum absolute atomic E-state index is 12.5. The van der Waals surface area contributed by atoms with Crippen molar-refractivity contribution in [3.8, 4) is 0 Å². The fraction of sp³-hybridized carbons (Fsp3) is 0.500. The van der Waals surface area contributed by atoms with Gasteiger partial charge in [-0.1, -0.05) is 0 Å². The second-order valence-electron chi connectivity index (χ2n) is 6.29. The topological polar surface area (TPSA) is 92.5 Å². The number of oxazole rings is 1. The third kappa shape index (κ3) is 3.38. The van der Waals surface area contributed by atoms with Crippen LogP contribution in [0.5, 0.6) is 0 Å². The number of anilines is 1. The van der Waals surface area contributed by atoms with Crippen LogP contribution >= 0.6 is 0 Å². The molecule has 1 saturated heterocycles. The Morgan fingerprint density at radius 3 is 2.88 bits per heavy atom. The van der Waals surface area contributed by atoms with Crippen molar-refractivity contribution in [2.75, 3.05) is 23.9 Å². The van der Waals surface area contributed by atoms with Crippen molar-refractivity contribution in [1.82, 2.24) is 9.88 Å². The number of hydrogen-bond acceptors (Lipinski definition) is 6. The molecule has 7 nitrogen and oxygen atoms in total. The van der Waals surface area contributed by atoms with E-state index in [2.05, 4.69) is 10.3 Å². The summed E-state index contributed by atoms with van der Waals surface area (Å²) in [6, 6.07) is 4.75. The molecule has 2 heterocycles. The quantitative estimate of drug-likeness (QED) is 0.899. The van der Waals surface area contributed by atoms with Crippen LogP contribution in [-0.4, -0.2) is 54.8 Å². The van der Waals surface area contributed by atoms with Crippen molar-refractivity contribution in [2.45, 2.75) is 32.4 Å². The number of likely N-dealkylation sites (N-methyl/N-ethyl adjacent to an activating group) is 1. The maximum Gasteiger partial charge on any atom is 0.244 e. The van der Waals surface area contributed by atoms with Crippen LogP contribution in [0.1, 0.15) is 19.2 Å². The molecule has 1 aliphatic rings. The Hall–Kier alpha value is -2.09. The van der Waals surface area contributed by atoms with E-state index in [1.165, 1.54) is 0 Å². The number of hydrogen-bond donors (Lipinski definition) is 1. The van der Waals surface area contributed by atoms with Crippen molar-refractivity contribution >= 4 is 32.5 Å². The van der Waals surface area contributed by atoms with E-state index in [-0.39, 0.29) is 23.5 Å². The highest BCUT2D eigenvalue weighted by molar-refractivity contribution is 7.91. The van der Waals surface area contributed by atoms with Gasteiger partial charge in [0.15, 0.2) is 21.3 Å². The lowest BCUT2D eigenvalue weighted by Gasteiger charge is -2.27. The molecule has 1 fully saturated rings. The van der Waals surface area contributed by atoms with Crippen LogP contribution in [0, 0.1) is 6.92 Å². The Labute approximate surface area is 141 Å². The van der Waals surface area contributed by atoms with Crippen LogP contribution in [0.15, 0.2) is 22.6 Å². The Morgan fingerprint density at radius 1 is 1.46 bits per heavy atom. The molecule has 3 rings (SSSR count). The highest BCUT2D eigenvalue weighted by Crippen LogP contribution is 2.21. The molecular weight excluding hydrogens is 330 g/mol. The molecule has 130 valence electrons. The summed E-state index contributed by atoms with van der Waals surface area (Å²) in [5.74, 6) is 0.660. The SMILES string of the molecule is Cc1nc2cc(N[C@@H](C)C(=O)N(C)[C@@H]3CCS(=O)(=O)C3)ccc2o1. The molecule has 0 spiro atoms. The van der Waals surface area contributed by atoms with E-state index in [0.717, 1.165) is 11.2 Å². The van der Waals surface area contributed by atoms with Crippen molar-refractivity contribution < 1.29 is 17.6 Å². The largest absolute Gasteiger partial charge is 0.441 e. The van der Waals surface area contributed by atoms with Gasteiger partial charge in [-0.25, -0.2) is 13.4 Å². The highest BCUT2D eigenvalue weighted by atomic mass is 32.2. The predicted octanol–water partition coefficient (Wildman–Crippen LogP) is 1.58. The summed E-state index contributed by atoms with van der Waals surface area (Å²) in [4.78, 5) is 18.4. The van der Waals surface area contributed by atoms with Gasteiger partial charge in [0.1, 0.15) is 11.6 Å². The predicted molar refractivity (Wildman–Crippen MR) is 91.7 cm³/mol. The third-order valence-corrected chi connectivity index (χ3v) is 6.10. The number of aryl methyl sites for hydroxylation is 1. The molecule has 1 amide bonds. The number of rotatable bonds is 4. The van der Waals surface area contributed by atoms with Gasteiger partial charge < -0.3 is 14.6 Å². The molecule has 0 aliphatic carbocycles. The minimum Gasteiger partial charge on any atom is -0.441 e. The first-order valence-corrected chi connectivity index (χ1v) is 9.68.